The molecule has 1 N–H and O–H groups in total. The zero-order chi connectivity index (χ0) is 29.1. The summed E-state index contributed by atoms with van der Waals surface area (Å²) in [5, 5.41) is 10.8. The van der Waals surface area contributed by atoms with Gasteiger partial charge in [0.25, 0.3) is 5.56 Å². The van der Waals surface area contributed by atoms with E-state index < -0.39 is 29.0 Å². The molecule has 11 nitrogen and oxygen atoms in total. The molecule has 2 aliphatic heterocycles. The molecule has 4 heterocycles. The van der Waals surface area contributed by atoms with E-state index in [1.165, 1.54) is 20.3 Å². The smallest absolute Gasteiger partial charge is 0.343 e. The summed E-state index contributed by atoms with van der Waals surface area (Å²) < 4.78 is 23.0. The third-order valence-corrected chi connectivity index (χ3v) is 7.69. The second kappa shape index (κ2) is 12.0. The molecular formula is C30H32N2O9. The molecule has 3 aromatic rings. The van der Waals surface area contributed by atoms with Crippen LogP contribution in [0.15, 0.2) is 62.5 Å². The van der Waals surface area contributed by atoms with Gasteiger partial charge in [-0.1, -0.05) is 18.2 Å². The number of likely N-dealkylation sites (tertiary alicyclic amines) is 1. The molecule has 0 unspecified atom stereocenters. The van der Waals surface area contributed by atoms with Crippen LogP contribution in [0, 0.1) is 5.92 Å². The average molecular weight is 565 g/mol. The number of aromatic hydroxyl groups is 1. The van der Waals surface area contributed by atoms with Crippen molar-refractivity contribution in [1.82, 2.24) is 9.47 Å². The number of carbonyl (C=O) groups is 2. The number of pyridine rings is 1. The Kier molecular flexibility index (Phi) is 8.25. The number of esters is 2. The Bertz CT molecular complexity index is 1560. The van der Waals surface area contributed by atoms with Crippen molar-refractivity contribution in [2.24, 2.45) is 5.92 Å². The predicted molar refractivity (Wildman–Crippen MR) is 146 cm³/mol. The Morgan fingerprint density at radius 1 is 1.02 bits per heavy atom. The highest BCUT2D eigenvalue weighted by Crippen LogP contribution is 2.37. The van der Waals surface area contributed by atoms with Crippen molar-refractivity contribution >= 4 is 11.9 Å². The zero-order valence-corrected chi connectivity index (χ0v) is 22.9. The van der Waals surface area contributed by atoms with Crippen LogP contribution < -0.4 is 15.7 Å². The molecule has 1 aromatic carbocycles. The van der Waals surface area contributed by atoms with Gasteiger partial charge in [0.15, 0.2) is 12.4 Å². The summed E-state index contributed by atoms with van der Waals surface area (Å²) in [4.78, 5) is 51.4. The Balaban J connectivity index is 1.43. The van der Waals surface area contributed by atoms with Crippen LogP contribution in [0.2, 0.25) is 0 Å². The van der Waals surface area contributed by atoms with Gasteiger partial charge in [-0.15, -0.1) is 0 Å². The number of hydrogen-bond donors (Lipinski definition) is 1. The molecule has 0 amide bonds. The number of ether oxygens (including phenoxy) is 3. The van der Waals surface area contributed by atoms with Crippen LogP contribution >= 0.6 is 0 Å². The van der Waals surface area contributed by atoms with E-state index in [-0.39, 0.29) is 36.2 Å². The molecule has 11 heteroatoms. The fourth-order valence-electron chi connectivity index (χ4n) is 5.85. The molecule has 41 heavy (non-hydrogen) atoms. The van der Waals surface area contributed by atoms with Crippen LogP contribution in [0.4, 0.5) is 0 Å². The first-order chi connectivity index (χ1) is 19.7. The quantitative estimate of drug-likeness (QED) is 0.386. The summed E-state index contributed by atoms with van der Waals surface area (Å²) in [7, 11) is 2.50. The maximum Gasteiger partial charge on any atom is 0.343 e. The number of methoxy groups -OCH3 is 2. The second-order valence-electron chi connectivity index (χ2n) is 10.5. The van der Waals surface area contributed by atoms with Crippen molar-refractivity contribution in [2.75, 3.05) is 33.9 Å². The molecule has 3 atom stereocenters. The number of nitrogens with zero attached hydrogens (tertiary/aromatic N) is 2. The summed E-state index contributed by atoms with van der Waals surface area (Å²) in [5.41, 5.74) is 0.918. The van der Waals surface area contributed by atoms with E-state index in [1.54, 1.807) is 36.4 Å². The van der Waals surface area contributed by atoms with Crippen LogP contribution in [0.3, 0.4) is 0 Å². The van der Waals surface area contributed by atoms with Gasteiger partial charge in [-0.05, 0) is 36.1 Å². The van der Waals surface area contributed by atoms with E-state index in [9.17, 15) is 24.3 Å². The van der Waals surface area contributed by atoms with Gasteiger partial charge in [0.1, 0.15) is 11.5 Å². The highest BCUT2D eigenvalue weighted by atomic mass is 16.6. The molecule has 2 bridgehead atoms. The van der Waals surface area contributed by atoms with Gasteiger partial charge >= 0.3 is 11.9 Å². The molecule has 1 fully saturated rings. The molecule has 2 aromatic heterocycles. The molecule has 2 aliphatic rings. The van der Waals surface area contributed by atoms with E-state index in [1.807, 2.05) is 10.6 Å². The van der Waals surface area contributed by atoms with Crippen molar-refractivity contribution in [2.45, 2.75) is 37.8 Å². The van der Waals surface area contributed by atoms with Crippen LogP contribution in [0.25, 0.3) is 0 Å². The lowest BCUT2D eigenvalue weighted by atomic mass is 9.83. The van der Waals surface area contributed by atoms with E-state index in [4.69, 9.17) is 13.9 Å². The normalized spacial score (nSPS) is 18.7. The number of aromatic nitrogens is 1. The average Bonchev–Trinajstić information content (AvgIpc) is 2.97. The molecule has 1 saturated heterocycles. The van der Waals surface area contributed by atoms with E-state index in [2.05, 4.69) is 9.64 Å². The molecular weight excluding hydrogens is 532 g/mol. The number of benzene rings is 1. The van der Waals surface area contributed by atoms with Gasteiger partial charge in [0, 0.05) is 43.4 Å². The number of carbonyl (C=O) groups excluding carboxylic acids is 2. The molecule has 0 radical (unpaired) electrons. The van der Waals surface area contributed by atoms with Crippen LogP contribution in [-0.2, 0) is 32.2 Å². The van der Waals surface area contributed by atoms with Gasteiger partial charge in [-0.25, -0.2) is 4.79 Å². The van der Waals surface area contributed by atoms with Gasteiger partial charge in [-0.2, -0.15) is 0 Å². The number of piperidine rings is 1. The highest BCUT2D eigenvalue weighted by molar-refractivity contribution is 5.72. The standard InChI is InChI=1S/C30H32N2O9/c1-38-27(35)12-23(19-5-3-6-21(10-19)40-17-28(36)39-2)30-29(37)25(33)11-22(41-30)16-31-13-18-9-20(15-31)24-7-4-8-26(34)32(24)14-18/h3-8,10-11,18,20,23,37H,9,12-17H2,1-2H3/t18-,20+,23+/m1/s1. The maximum absolute atomic E-state index is 12.9. The Morgan fingerprint density at radius 3 is 2.59 bits per heavy atom. The molecule has 5 rings (SSSR count). The first-order valence-electron chi connectivity index (χ1n) is 13.4. The lowest BCUT2D eigenvalue weighted by molar-refractivity contribution is -0.143. The largest absolute Gasteiger partial charge is 0.502 e. The summed E-state index contributed by atoms with van der Waals surface area (Å²) in [6.07, 6.45) is 0.774. The van der Waals surface area contributed by atoms with Gasteiger partial charge in [-0.3, -0.25) is 19.3 Å². The van der Waals surface area contributed by atoms with Crippen LogP contribution in [0.5, 0.6) is 11.5 Å². The number of hydrogen-bond acceptors (Lipinski definition) is 10. The zero-order valence-electron chi connectivity index (χ0n) is 22.9. The van der Waals surface area contributed by atoms with Gasteiger partial charge in [0.05, 0.1) is 33.1 Å². The Hall–Kier alpha value is -4.38. The first kappa shape index (κ1) is 28.2. The monoisotopic (exact) mass is 564 g/mol. The SMILES string of the molecule is COC(=O)COc1cccc([C@H](CC(=O)OC)c2oc(CN3C[C@H]4C[C@@H](C3)c3cccc(=O)n3C4)cc(=O)c2O)c1. The van der Waals surface area contributed by atoms with Crippen molar-refractivity contribution in [3.63, 3.8) is 0 Å². The first-order valence-corrected chi connectivity index (χ1v) is 13.4. The lowest BCUT2D eigenvalue weighted by Crippen LogP contribution is -2.46. The predicted octanol–water partition coefficient (Wildman–Crippen LogP) is 2.37. The minimum Gasteiger partial charge on any atom is -0.502 e. The second-order valence-corrected chi connectivity index (χ2v) is 10.5. The summed E-state index contributed by atoms with van der Waals surface area (Å²) in [6, 6.07) is 13.2. The maximum atomic E-state index is 12.9. The topological polar surface area (TPSA) is 138 Å². The fourth-order valence-corrected chi connectivity index (χ4v) is 5.85. The van der Waals surface area contributed by atoms with Crippen molar-refractivity contribution in [3.8, 4) is 11.5 Å². The van der Waals surface area contributed by atoms with Crippen molar-refractivity contribution in [3.05, 3.63) is 91.9 Å². The number of fused-ring (bicyclic) bond motifs is 4. The third-order valence-electron chi connectivity index (χ3n) is 7.69. The van der Waals surface area contributed by atoms with Crippen LogP contribution in [-0.4, -0.2) is 60.4 Å². The van der Waals surface area contributed by atoms with Crippen molar-refractivity contribution in [1.29, 1.82) is 0 Å². The third kappa shape index (κ3) is 6.19. The Morgan fingerprint density at radius 2 is 1.80 bits per heavy atom. The fraction of sp³-hybridized carbons (Fsp3) is 0.400. The van der Waals surface area contributed by atoms with Gasteiger partial charge in [0.2, 0.25) is 11.2 Å². The molecule has 0 saturated carbocycles. The molecule has 0 spiro atoms. The minimum absolute atomic E-state index is 0.0104. The molecule has 216 valence electrons. The van der Waals surface area contributed by atoms with E-state index in [0.717, 1.165) is 18.7 Å². The van der Waals surface area contributed by atoms with Gasteiger partial charge < -0.3 is 28.3 Å². The summed E-state index contributed by atoms with van der Waals surface area (Å²) in [5.74, 6) is -1.50. The summed E-state index contributed by atoms with van der Waals surface area (Å²) >= 11 is 0. The molecule has 0 aliphatic carbocycles. The van der Waals surface area contributed by atoms with E-state index in [0.29, 0.717) is 36.7 Å². The minimum atomic E-state index is -0.865. The number of rotatable bonds is 9. The van der Waals surface area contributed by atoms with Crippen molar-refractivity contribution < 1.29 is 33.3 Å². The Labute approximate surface area is 235 Å². The van der Waals surface area contributed by atoms with Crippen LogP contribution in [0.1, 0.15) is 47.5 Å². The van der Waals surface area contributed by atoms with E-state index >= 15 is 0 Å². The summed E-state index contributed by atoms with van der Waals surface area (Å²) in [6.45, 7) is 2.06. The highest BCUT2D eigenvalue weighted by Gasteiger charge is 2.35. The lowest BCUT2D eigenvalue weighted by Gasteiger charge is -2.42.